The van der Waals surface area contributed by atoms with Crippen LogP contribution in [0.3, 0.4) is 0 Å². The van der Waals surface area contributed by atoms with Crippen LogP contribution in [0.2, 0.25) is 0 Å². The molecule has 27 heavy (non-hydrogen) atoms. The molecule has 0 atom stereocenters. The molecule has 0 aliphatic heterocycles. The minimum absolute atomic E-state index is 0.367. The van der Waals surface area contributed by atoms with Gasteiger partial charge in [-0.1, -0.05) is 22.5 Å². The summed E-state index contributed by atoms with van der Waals surface area (Å²) in [6, 6.07) is 13.1. The second-order valence-electron chi connectivity index (χ2n) is 6.58. The minimum Gasteiger partial charge on any atom is -0.403 e. The first-order valence-corrected chi connectivity index (χ1v) is 11.0. The van der Waals surface area contributed by atoms with Crippen molar-refractivity contribution in [2.45, 2.75) is 30.6 Å². The second kappa shape index (κ2) is 6.98. The Morgan fingerprint density at radius 1 is 1.04 bits per heavy atom. The number of aromatic nitrogens is 3. The van der Waals surface area contributed by atoms with E-state index < -0.39 is 0 Å². The summed E-state index contributed by atoms with van der Waals surface area (Å²) in [7, 11) is 0. The molecule has 0 saturated heterocycles. The van der Waals surface area contributed by atoms with Gasteiger partial charge < -0.3 is 4.42 Å². The van der Waals surface area contributed by atoms with Crippen LogP contribution >= 0.6 is 23.1 Å². The number of benzene rings is 2. The van der Waals surface area contributed by atoms with E-state index in [1.165, 1.54) is 35.3 Å². The molecule has 2 aromatic heterocycles. The molecule has 1 N–H and O–H groups in total. The normalized spacial score (nSPS) is 13.7. The van der Waals surface area contributed by atoms with Crippen molar-refractivity contribution in [3.05, 3.63) is 47.5 Å². The highest BCUT2D eigenvalue weighted by molar-refractivity contribution is 7.98. The van der Waals surface area contributed by atoms with Crippen molar-refractivity contribution in [2.75, 3.05) is 11.6 Å². The molecular weight excluding hydrogens is 376 g/mol. The van der Waals surface area contributed by atoms with Crippen molar-refractivity contribution in [3.8, 4) is 11.5 Å². The van der Waals surface area contributed by atoms with Gasteiger partial charge in [0.1, 0.15) is 0 Å². The Labute approximate surface area is 165 Å². The van der Waals surface area contributed by atoms with Crippen LogP contribution in [0.5, 0.6) is 0 Å². The molecule has 4 aromatic rings. The van der Waals surface area contributed by atoms with Gasteiger partial charge in [0.25, 0.3) is 0 Å². The van der Waals surface area contributed by atoms with Gasteiger partial charge in [0, 0.05) is 10.5 Å². The number of hydrogen-bond acceptors (Lipinski definition) is 7. The lowest BCUT2D eigenvalue weighted by molar-refractivity contribution is 0.587. The number of fused-ring (bicyclic) bond motifs is 2. The van der Waals surface area contributed by atoms with Crippen molar-refractivity contribution in [2.24, 2.45) is 0 Å². The average molecular weight is 395 g/mol. The van der Waals surface area contributed by atoms with Gasteiger partial charge in [-0.25, -0.2) is 4.98 Å². The van der Waals surface area contributed by atoms with E-state index in [9.17, 15) is 0 Å². The largest absolute Gasteiger partial charge is 0.403 e. The molecule has 136 valence electrons. The van der Waals surface area contributed by atoms with Gasteiger partial charge in [-0.15, -0.1) is 16.9 Å². The summed E-state index contributed by atoms with van der Waals surface area (Å²) in [6.45, 7) is 0. The molecule has 2 heterocycles. The number of nitrogens with one attached hydrogen (secondary N) is 1. The molecule has 0 fully saturated rings. The Balaban J connectivity index is 1.39. The maximum absolute atomic E-state index is 5.83. The van der Waals surface area contributed by atoms with E-state index in [2.05, 4.69) is 57.1 Å². The molecule has 5 nitrogen and oxygen atoms in total. The van der Waals surface area contributed by atoms with Crippen molar-refractivity contribution in [3.63, 3.8) is 0 Å². The third kappa shape index (κ3) is 3.33. The molecule has 0 radical (unpaired) electrons. The Morgan fingerprint density at radius 2 is 1.93 bits per heavy atom. The van der Waals surface area contributed by atoms with E-state index in [1.807, 2.05) is 6.07 Å². The van der Waals surface area contributed by atoms with E-state index in [1.54, 1.807) is 23.1 Å². The zero-order valence-electron chi connectivity index (χ0n) is 14.9. The quantitative estimate of drug-likeness (QED) is 0.449. The monoisotopic (exact) mass is 394 g/mol. The lowest BCUT2D eigenvalue weighted by Crippen LogP contribution is -2.02. The first-order chi connectivity index (χ1) is 13.3. The zero-order valence-corrected chi connectivity index (χ0v) is 16.5. The molecule has 1 aliphatic rings. The topological polar surface area (TPSA) is 63.8 Å². The van der Waals surface area contributed by atoms with Crippen LogP contribution in [-0.4, -0.2) is 21.4 Å². The average Bonchev–Trinajstić information content (AvgIpc) is 3.33. The molecule has 7 heteroatoms. The first kappa shape index (κ1) is 16.8. The smallest absolute Gasteiger partial charge is 0.322 e. The Bertz CT molecular complexity index is 1120. The van der Waals surface area contributed by atoms with Crippen LogP contribution in [0, 0.1) is 0 Å². The third-order valence-corrected chi connectivity index (χ3v) is 6.49. The lowest BCUT2D eigenvalue weighted by Gasteiger charge is -2.15. The van der Waals surface area contributed by atoms with Gasteiger partial charge in [-0.3, -0.25) is 5.32 Å². The highest BCUT2D eigenvalue weighted by Gasteiger charge is 2.15. The summed E-state index contributed by atoms with van der Waals surface area (Å²) in [5.74, 6) is 0.539. The third-order valence-electron chi connectivity index (χ3n) is 4.83. The molecular formula is C20H18N4OS2. The number of rotatable bonds is 4. The van der Waals surface area contributed by atoms with Crippen LogP contribution in [0.1, 0.15) is 24.0 Å². The highest BCUT2D eigenvalue weighted by Crippen LogP contribution is 2.32. The molecule has 5 rings (SSSR count). The summed E-state index contributed by atoms with van der Waals surface area (Å²) in [6.07, 6.45) is 6.90. The number of aryl methyl sites for hydroxylation is 2. The molecule has 0 amide bonds. The fourth-order valence-electron chi connectivity index (χ4n) is 3.43. The van der Waals surface area contributed by atoms with Crippen molar-refractivity contribution in [1.29, 1.82) is 0 Å². The zero-order chi connectivity index (χ0) is 18.2. The molecule has 0 bridgehead atoms. The summed E-state index contributed by atoms with van der Waals surface area (Å²) >= 11 is 3.31. The molecule has 2 aromatic carbocycles. The maximum Gasteiger partial charge on any atom is 0.322 e. The van der Waals surface area contributed by atoms with Crippen LogP contribution in [0.4, 0.5) is 11.1 Å². The molecule has 1 aliphatic carbocycles. The number of hydrogen-bond donors (Lipinski definition) is 1. The summed E-state index contributed by atoms with van der Waals surface area (Å²) in [5.41, 5.74) is 4.80. The SMILES string of the molecule is CSc1ccc2nc(Nc3nnc(-c4ccc5c(c4)CCCC5)o3)sc2c1. The van der Waals surface area contributed by atoms with Gasteiger partial charge >= 0.3 is 6.01 Å². The lowest BCUT2D eigenvalue weighted by atomic mass is 9.90. The maximum atomic E-state index is 5.83. The summed E-state index contributed by atoms with van der Waals surface area (Å²) in [4.78, 5) is 5.82. The van der Waals surface area contributed by atoms with E-state index in [0.717, 1.165) is 27.3 Å². The molecule has 0 unspecified atom stereocenters. The number of thiazole rings is 1. The van der Waals surface area contributed by atoms with E-state index in [0.29, 0.717) is 11.9 Å². The number of thioether (sulfide) groups is 1. The van der Waals surface area contributed by atoms with Crippen LogP contribution in [0.25, 0.3) is 21.7 Å². The van der Waals surface area contributed by atoms with Crippen molar-refractivity contribution < 1.29 is 4.42 Å². The fourth-order valence-corrected chi connectivity index (χ4v) is 4.84. The predicted octanol–water partition coefficient (Wildman–Crippen LogP) is 5.69. The van der Waals surface area contributed by atoms with Gasteiger partial charge in [0.2, 0.25) is 5.89 Å². The standard InChI is InChI=1S/C20H18N4OS2/c1-26-15-8-9-16-17(11-15)27-20(21-16)22-19-24-23-18(25-19)14-7-6-12-4-2-3-5-13(12)10-14/h6-11H,2-5H2,1H3,(H,21,22,24). The van der Waals surface area contributed by atoms with E-state index in [4.69, 9.17) is 4.42 Å². The number of nitrogens with zero attached hydrogens (tertiary/aromatic N) is 3. The predicted molar refractivity (Wildman–Crippen MR) is 111 cm³/mol. The van der Waals surface area contributed by atoms with Crippen LogP contribution in [-0.2, 0) is 12.8 Å². The Morgan fingerprint density at radius 3 is 2.81 bits per heavy atom. The molecule has 0 spiro atoms. The molecule has 0 saturated carbocycles. The summed E-state index contributed by atoms with van der Waals surface area (Å²) < 4.78 is 6.97. The first-order valence-electron chi connectivity index (χ1n) is 8.96. The second-order valence-corrected chi connectivity index (χ2v) is 8.49. The fraction of sp³-hybridized carbons (Fsp3) is 0.250. The van der Waals surface area contributed by atoms with Gasteiger partial charge in [-0.2, -0.15) is 0 Å². The van der Waals surface area contributed by atoms with Crippen LogP contribution < -0.4 is 5.32 Å². The van der Waals surface area contributed by atoms with Crippen molar-refractivity contribution >= 4 is 44.5 Å². The van der Waals surface area contributed by atoms with E-state index in [-0.39, 0.29) is 0 Å². The summed E-state index contributed by atoms with van der Waals surface area (Å²) in [5, 5.41) is 12.2. The Hall–Kier alpha value is -2.38. The van der Waals surface area contributed by atoms with Gasteiger partial charge in [-0.05, 0) is 73.4 Å². The van der Waals surface area contributed by atoms with Gasteiger partial charge in [0.05, 0.1) is 10.2 Å². The minimum atomic E-state index is 0.367. The number of anilines is 2. The highest BCUT2D eigenvalue weighted by atomic mass is 32.2. The Kier molecular flexibility index (Phi) is 4.33. The van der Waals surface area contributed by atoms with Crippen LogP contribution in [0.15, 0.2) is 45.7 Å². The van der Waals surface area contributed by atoms with Crippen molar-refractivity contribution in [1.82, 2.24) is 15.2 Å². The van der Waals surface area contributed by atoms with E-state index >= 15 is 0 Å². The van der Waals surface area contributed by atoms with Gasteiger partial charge in [0.15, 0.2) is 5.13 Å².